The zero-order chi connectivity index (χ0) is 33.5. The Hall–Kier alpha value is -4.01. The van der Waals surface area contributed by atoms with Gasteiger partial charge in [-0.1, -0.05) is 52.1 Å². The van der Waals surface area contributed by atoms with Crippen molar-refractivity contribution < 1.29 is 8.78 Å². The number of halogens is 5. The minimum atomic E-state index is -0.990. The second kappa shape index (κ2) is 13.2. The van der Waals surface area contributed by atoms with Crippen LogP contribution in [0.5, 0.6) is 0 Å². The number of fused-ring (bicyclic) bond motifs is 1. The predicted octanol–water partition coefficient (Wildman–Crippen LogP) is 9.32. The Morgan fingerprint density at radius 1 is 0.979 bits per heavy atom. The van der Waals surface area contributed by atoms with Crippen LogP contribution in [0.4, 0.5) is 25.8 Å². The van der Waals surface area contributed by atoms with Crippen LogP contribution >= 0.6 is 34.8 Å². The fourth-order valence-electron chi connectivity index (χ4n) is 5.90. The molecule has 0 saturated carbocycles. The van der Waals surface area contributed by atoms with Crippen LogP contribution in [-0.4, -0.2) is 43.5 Å². The van der Waals surface area contributed by atoms with Crippen LogP contribution < -0.4 is 10.6 Å². The number of anilines is 3. The van der Waals surface area contributed by atoms with Crippen molar-refractivity contribution in [2.45, 2.75) is 51.2 Å². The van der Waals surface area contributed by atoms with Gasteiger partial charge in [0.2, 0.25) is 0 Å². The molecule has 0 amide bonds. The molecule has 1 aliphatic rings. The monoisotopic (exact) mass is 694 g/mol. The summed E-state index contributed by atoms with van der Waals surface area (Å²) in [6, 6.07) is 14.6. The van der Waals surface area contributed by atoms with E-state index in [4.69, 9.17) is 34.8 Å². The van der Waals surface area contributed by atoms with E-state index in [2.05, 4.69) is 51.6 Å². The van der Waals surface area contributed by atoms with Gasteiger partial charge in [0, 0.05) is 40.3 Å². The van der Waals surface area contributed by atoms with Crippen LogP contribution in [0.15, 0.2) is 60.9 Å². The molecule has 8 nitrogen and oxygen atoms in total. The van der Waals surface area contributed by atoms with Crippen molar-refractivity contribution in [1.82, 2.24) is 24.9 Å². The highest BCUT2D eigenvalue weighted by molar-refractivity contribution is 6.32. The smallest absolute Gasteiger partial charge is 0.168 e. The normalized spacial score (nSPS) is 15.0. The lowest BCUT2D eigenvalue weighted by Crippen LogP contribution is -2.46. The standard InChI is InChI=1S/C34H31Cl3F2N8/c1-34(2,3)46-12-10-23(11-13-46)47-18-28(44-45-47)31(19-4-6-21(35)7-5-19)42-27-15-22(36)14-24-30(20(16-40)17-41-32(24)27)43-33-26(38)9-8-25(37)29(33)39/h4-9,14-15,17-18,23,31,42H,10-13H2,1-3H3,(H,41,43)/t31-/m0/s1. The maximum atomic E-state index is 14.9. The van der Waals surface area contributed by atoms with E-state index in [1.165, 1.54) is 6.20 Å². The minimum absolute atomic E-state index is 0.0548. The molecule has 242 valence electrons. The number of nitrogens with zero attached hydrogens (tertiary/aromatic N) is 6. The van der Waals surface area contributed by atoms with Gasteiger partial charge in [0.25, 0.3) is 0 Å². The molecule has 13 heteroatoms. The number of likely N-dealkylation sites (tertiary alicyclic amines) is 1. The second-order valence-electron chi connectivity index (χ2n) is 12.5. The number of benzene rings is 3. The Labute approximate surface area is 286 Å². The molecule has 0 spiro atoms. The van der Waals surface area contributed by atoms with Crippen LogP contribution in [0, 0.1) is 23.0 Å². The average Bonchev–Trinajstić information content (AvgIpc) is 3.54. The van der Waals surface area contributed by atoms with Crippen molar-refractivity contribution in [3.63, 3.8) is 0 Å². The first-order chi connectivity index (χ1) is 22.4. The third kappa shape index (κ3) is 6.85. The van der Waals surface area contributed by atoms with Crippen molar-refractivity contribution in [3.05, 3.63) is 104 Å². The van der Waals surface area contributed by atoms with Gasteiger partial charge < -0.3 is 10.6 Å². The fourth-order valence-corrected chi connectivity index (χ4v) is 6.41. The zero-order valence-corrected chi connectivity index (χ0v) is 28.1. The summed E-state index contributed by atoms with van der Waals surface area (Å²) in [5.74, 6) is -1.87. The largest absolute Gasteiger partial charge is 0.371 e. The third-order valence-electron chi connectivity index (χ3n) is 8.46. The lowest BCUT2D eigenvalue weighted by atomic mass is 9.98. The number of nitrogens with one attached hydrogen (secondary N) is 2. The van der Waals surface area contributed by atoms with E-state index in [0.29, 0.717) is 32.3 Å². The first-order valence-electron chi connectivity index (χ1n) is 15.0. The van der Waals surface area contributed by atoms with Gasteiger partial charge in [-0.2, -0.15) is 5.26 Å². The molecule has 0 bridgehead atoms. The second-order valence-corrected chi connectivity index (χ2v) is 13.8. The van der Waals surface area contributed by atoms with Crippen molar-refractivity contribution in [3.8, 4) is 6.07 Å². The molecule has 2 N–H and O–H groups in total. The van der Waals surface area contributed by atoms with Crippen LogP contribution in [-0.2, 0) is 0 Å². The third-order valence-corrected chi connectivity index (χ3v) is 9.23. The molecule has 1 saturated heterocycles. The van der Waals surface area contributed by atoms with Gasteiger partial charge in [0.05, 0.1) is 45.8 Å². The number of rotatable bonds is 7. The molecule has 1 fully saturated rings. The summed E-state index contributed by atoms with van der Waals surface area (Å²) >= 11 is 18.8. The molecule has 1 atom stereocenters. The molecular weight excluding hydrogens is 665 g/mol. The number of hydrogen-bond acceptors (Lipinski definition) is 7. The first-order valence-corrected chi connectivity index (χ1v) is 16.2. The van der Waals surface area contributed by atoms with E-state index in [9.17, 15) is 14.0 Å². The van der Waals surface area contributed by atoms with Gasteiger partial charge in [-0.15, -0.1) is 5.10 Å². The maximum Gasteiger partial charge on any atom is 0.168 e. The summed E-state index contributed by atoms with van der Waals surface area (Å²) in [5, 5.41) is 26.3. The summed E-state index contributed by atoms with van der Waals surface area (Å²) in [7, 11) is 0. The van der Waals surface area contributed by atoms with E-state index in [-0.39, 0.29) is 27.9 Å². The summed E-state index contributed by atoms with van der Waals surface area (Å²) in [4.78, 5) is 7.03. The number of pyridine rings is 1. The Morgan fingerprint density at radius 3 is 2.38 bits per heavy atom. The SMILES string of the molecule is CC(C)(C)N1CCC(n2cc([C@@H](Nc3cc(Cl)cc4c(Nc5c(F)ccc(Cl)c5F)c(C#N)cnc34)c3ccc(Cl)cc3)nn2)CC1. The molecule has 47 heavy (non-hydrogen) atoms. The first kappa shape index (κ1) is 32.9. The van der Waals surface area contributed by atoms with E-state index >= 15 is 0 Å². The van der Waals surface area contributed by atoms with E-state index in [1.807, 2.05) is 29.1 Å². The summed E-state index contributed by atoms with van der Waals surface area (Å²) in [6.07, 6.45) is 5.19. The Morgan fingerprint density at radius 2 is 1.70 bits per heavy atom. The van der Waals surface area contributed by atoms with Crippen molar-refractivity contribution in [1.29, 1.82) is 5.26 Å². The lowest BCUT2D eigenvalue weighted by molar-refractivity contribution is 0.0866. The molecule has 5 aromatic rings. The van der Waals surface area contributed by atoms with Gasteiger partial charge in [-0.25, -0.2) is 13.5 Å². The Bertz CT molecular complexity index is 1980. The van der Waals surface area contributed by atoms with E-state index in [1.54, 1.807) is 24.3 Å². The summed E-state index contributed by atoms with van der Waals surface area (Å²) < 4.78 is 31.6. The van der Waals surface area contributed by atoms with Gasteiger partial charge in [-0.05, 0) is 75.6 Å². The highest BCUT2D eigenvalue weighted by atomic mass is 35.5. The number of aromatic nitrogens is 4. The number of nitriles is 1. The van der Waals surface area contributed by atoms with Crippen molar-refractivity contribution in [2.24, 2.45) is 0 Å². The maximum absolute atomic E-state index is 14.9. The topological polar surface area (TPSA) is 94.7 Å². The van der Waals surface area contributed by atoms with Crippen molar-refractivity contribution in [2.75, 3.05) is 23.7 Å². The van der Waals surface area contributed by atoms with Gasteiger partial charge in [-0.3, -0.25) is 9.88 Å². The average molecular weight is 696 g/mol. The molecule has 3 heterocycles. The molecule has 0 unspecified atom stereocenters. The quantitative estimate of drug-likeness (QED) is 0.164. The van der Waals surface area contributed by atoms with Crippen LogP contribution in [0.2, 0.25) is 15.1 Å². The van der Waals surface area contributed by atoms with Gasteiger partial charge >= 0.3 is 0 Å². The van der Waals surface area contributed by atoms with E-state index in [0.717, 1.165) is 43.6 Å². The van der Waals surface area contributed by atoms with Gasteiger partial charge in [0.15, 0.2) is 5.82 Å². The lowest BCUT2D eigenvalue weighted by Gasteiger charge is -2.40. The van der Waals surface area contributed by atoms with Crippen LogP contribution in [0.3, 0.4) is 0 Å². The Balaban J connectivity index is 1.40. The number of piperidine rings is 1. The fraction of sp³-hybridized carbons (Fsp3) is 0.294. The highest BCUT2D eigenvalue weighted by Crippen LogP contribution is 2.39. The van der Waals surface area contributed by atoms with Crippen molar-refractivity contribution >= 4 is 62.8 Å². The number of hydrogen-bond donors (Lipinski definition) is 2. The zero-order valence-electron chi connectivity index (χ0n) is 25.8. The molecule has 2 aromatic heterocycles. The predicted molar refractivity (Wildman–Crippen MR) is 183 cm³/mol. The van der Waals surface area contributed by atoms with E-state index < -0.39 is 23.4 Å². The minimum Gasteiger partial charge on any atom is -0.371 e. The van der Waals surface area contributed by atoms with Crippen LogP contribution in [0.25, 0.3) is 10.9 Å². The molecule has 0 aliphatic carbocycles. The molecule has 1 aliphatic heterocycles. The molecule has 3 aromatic carbocycles. The Kier molecular flexibility index (Phi) is 9.27. The highest BCUT2D eigenvalue weighted by Gasteiger charge is 2.29. The summed E-state index contributed by atoms with van der Waals surface area (Å²) in [5.41, 5.74) is 2.20. The molecular formula is C34H31Cl3F2N8. The van der Waals surface area contributed by atoms with Gasteiger partial charge in [0.1, 0.15) is 23.3 Å². The molecule has 0 radical (unpaired) electrons. The summed E-state index contributed by atoms with van der Waals surface area (Å²) in [6.45, 7) is 8.61. The molecule has 6 rings (SSSR count). The van der Waals surface area contributed by atoms with Crippen LogP contribution in [0.1, 0.15) is 62.5 Å².